The standard InChI is InChI=1S/C38H60O12/c1-19-14-22(48-33(19)45)15-24(47-21(3)40)20(2)23-8-9-27-36(6)12-11-28(50-34-32(44)31(43)30(42)25(17-39)49-34)35(4,5)26(36)10-13-37(27,7)38(23)16-29(41)46-18-38/h19-20,22-28,30-32,34,39,42-44H,8-18H2,1-7H3/t19-,20-,22+,23-,24+,25-,26?,27-,28+,30-,31+,32-,34+,36+,37-,38+/m1/s1. The smallest absolute Gasteiger partial charge is 0.309 e. The van der Waals surface area contributed by atoms with Crippen LogP contribution in [0.2, 0.25) is 0 Å². The van der Waals surface area contributed by atoms with Crippen LogP contribution in [-0.2, 0) is 38.1 Å². The molecule has 1 spiro atoms. The Morgan fingerprint density at radius 3 is 2.30 bits per heavy atom. The first kappa shape index (κ1) is 37.9. The van der Waals surface area contributed by atoms with Crippen LogP contribution in [0.25, 0.3) is 0 Å². The number of cyclic esters (lactones) is 2. The lowest BCUT2D eigenvalue weighted by Crippen LogP contribution is -2.67. The van der Waals surface area contributed by atoms with Gasteiger partial charge in [0, 0.05) is 18.8 Å². The highest BCUT2D eigenvalue weighted by atomic mass is 16.7. The van der Waals surface area contributed by atoms with Gasteiger partial charge in [0.25, 0.3) is 0 Å². The predicted octanol–water partition coefficient (Wildman–Crippen LogP) is 3.28. The van der Waals surface area contributed by atoms with Crippen molar-refractivity contribution in [3.05, 3.63) is 0 Å². The third-order valence-corrected chi connectivity index (χ3v) is 15.0. The van der Waals surface area contributed by atoms with Gasteiger partial charge in [-0.3, -0.25) is 14.4 Å². The van der Waals surface area contributed by atoms with Crippen molar-refractivity contribution in [3.63, 3.8) is 0 Å². The van der Waals surface area contributed by atoms with Gasteiger partial charge in [-0.25, -0.2) is 0 Å². The van der Waals surface area contributed by atoms with E-state index in [1.54, 1.807) is 0 Å². The molecule has 50 heavy (non-hydrogen) atoms. The quantitative estimate of drug-likeness (QED) is 0.165. The Kier molecular flexibility index (Phi) is 10.3. The summed E-state index contributed by atoms with van der Waals surface area (Å²) in [6, 6.07) is 0. The number of aliphatic hydroxyl groups excluding tert-OH is 4. The molecule has 6 fully saturated rings. The molecule has 1 unspecified atom stereocenters. The van der Waals surface area contributed by atoms with Crippen LogP contribution in [0, 0.1) is 51.2 Å². The van der Waals surface area contributed by atoms with Gasteiger partial charge in [0.1, 0.15) is 36.6 Å². The molecule has 16 atom stereocenters. The molecule has 3 saturated heterocycles. The molecule has 3 saturated carbocycles. The first-order chi connectivity index (χ1) is 23.4. The highest BCUT2D eigenvalue weighted by Crippen LogP contribution is 2.74. The van der Waals surface area contributed by atoms with Gasteiger partial charge in [0.05, 0.1) is 31.7 Å². The molecule has 3 aliphatic carbocycles. The third kappa shape index (κ3) is 6.01. The molecule has 0 amide bonds. The second-order valence-electron chi connectivity index (χ2n) is 17.9. The van der Waals surface area contributed by atoms with E-state index in [0.717, 1.165) is 32.1 Å². The minimum absolute atomic E-state index is 0.0492. The summed E-state index contributed by atoms with van der Waals surface area (Å²) < 4.78 is 29.8. The molecule has 0 aromatic rings. The van der Waals surface area contributed by atoms with Gasteiger partial charge in [-0.2, -0.15) is 0 Å². The van der Waals surface area contributed by atoms with Gasteiger partial charge in [0.15, 0.2) is 6.29 Å². The predicted molar refractivity (Wildman–Crippen MR) is 178 cm³/mol. The van der Waals surface area contributed by atoms with Crippen molar-refractivity contribution in [2.24, 2.45) is 51.2 Å². The van der Waals surface area contributed by atoms with Crippen LogP contribution in [0.3, 0.4) is 0 Å². The van der Waals surface area contributed by atoms with Crippen molar-refractivity contribution in [1.82, 2.24) is 0 Å². The fourth-order valence-corrected chi connectivity index (χ4v) is 12.4. The van der Waals surface area contributed by atoms with E-state index in [9.17, 15) is 34.8 Å². The second kappa shape index (κ2) is 13.5. The average Bonchev–Trinajstić information content (AvgIpc) is 3.59. The van der Waals surface area contributed by atoms with E-state index in [1.165, 1.54) is 6.92 Å². The third-order valence-electron chi connectivity index (χ3n) is 15.0. The second-order valence-corrected chi connectivity index (χ2v) is 17.9. The lowest BCUT2D eigenvalue weighted by atomic mass is 9.34. The molecule has 6 rings (SSSR count). The van der Waals surface area contributed by atoms with Crippen LogP contribution in [0.1, 0.15) is 106 Å². The Hall–Kier alpha value is -1.83. The zero-order chi connectivity index (χ0) is 36.6. The number of carbonyl (C=O) groups excluding carboxylic acids is 3. The zero-order valence-corrected chi connectivity index (χ0v) is 30.8. The van der Waals surface area contributed by atoms with Crippen LogP contribution in [-0.4, -0.2) is 101 Å². The number of ether oxygens (including phenoxy) is 5. The van der Waals surface area contributed by atoms with Gasteiger partial charge >= 0.3 is 17.9 Å². The molecule has 0 aromatic heterocycles. The van der Waals surface area contributed by atoms with Gasteiger partial charge in [-0.15, -0.1) is 0 Å². The van der Waals surface area contributed by atoms with E-state index in [4.69, 9.17) is 23.7 Å². The van der Waals surface area contributed by atoms with E-state index in [-0.39, 0.29) is 76.0 Å². The van der Waals surface area contributed by atoms with E-state index in [0.29, 0.717) is 32.3 Å². The van der Waals surface area contributed by atoms with Crippen LogP contribution in [0.4, 0.5) is 0 Å². The van der Waals surface area contributed by atoms with E-state index >= 15 is 0 Å². The maximum Gasteiger partial charge on any atom is 0.309 e. The molecule has 0 radical (unpaired) electrons. The average molecular weight is 709 g/mol. The number of rotatable bonds is 8. The Morgan fingerprint density at radius 2 is 1.70 bits per heavy atom. The summed E-state index contributed by atoms with van der Waals surface area (Å²) >= 11 is 0. The van der Waals surface area contributed by atoms with Gasteiger partial charge in [-0.1, -0.05) is 41.5 Å². The van der Waals surface area contributed by atoms with Crippen LogP contribution in [0.15, 0.2) is 0 Å². The maximum absolute atomic E-state index is 13.1. The minimum Gasteiger partial charge on any atom is -0.465 e. The van der Waals surface area contributed by atoms with E-state index in [2.05, 4.69) is 34.6 Å². The van der Waals surface area contributed by atoms with Gasteiger partial charge in [0.2, 0.25) is 0 Å². The fourth-order valence-electron chi connectivity index (χ4n) is 12.4. The first-order valence-electron chi connectivity index (χ1n) is 18.9. The Balaban J connectivity index is 1.26. The molecular weight excluding hydrogens is 648 g/mol. The topological polar surface area (TPSA) is 178 Å². The molecule has 12 heteroatoms. The SMILES string of the molecule is CC(=O)O[C@@H](C[C@@H]1C[C@@H](C)C(=O)O1)[C@H](C)[C@H]1CC[C@@H]2[C@@]3(C)CC[C@H](O[C@@H]4O[C@H](CO)[C@@H](O)[C@H](O)[C@H]4O)C(C)(C)C3CC[C@@]2(C)[C@@]12COC(=O)C2. The van der Waals surface area contributed by atoms with Gasteiger partial charge < -0.3 is 44.1 Å². The molecule has 3 heterocycles. The lowest BCUT2D eigenvalue weighted by molar-refractivity contribution is -0.331. The van der Waals surface area contributed by atoms with Gasteiger partial charge in [-0.05, 0) is 84.9 Å². The Labute approximate surface area is 295 Å². The highest BCUT2D eigenvalue weighted by Gasteiger charge is 2.71. The molecule has 0 aromatic carbocycles. The largest absolute Gasteiger partial charge is 0.465 e. The normalized spacial score (nSPS) is 48.3. The minimum atomic E-state index is -1.50. The van der Waals surface area contributed by atoms with E-state index in [1.807, 2.05) is 6.92 Å². The number of esters is 3. The molecule has 284 valence electrons. The number of hydrogen-bond acceptors (Lipinski definition) is 12. The first-order valence-corrected chi connectivity index (χ1v) is 18.9. The summed E-state index contributed by atoms with van der Waals surface area (Å²) in [6.45, 7) is 14.4. The van der Waals surface area contributed by atoms with Crippen LogP contribution < -0.4 is 0 Å². The van der Waals surface area contributed by atoms with E-state index < -0.39 is 48.8 Å². The summed E-state index contributed by atoms with van der Waals surface area (Å²) in [6.07, 6.45) is -1.22. The number of fused-ring (bicyclic) bond motifs is 4. The lowest BCUT2D eigenvalue weighted by Gasteiger charge is -2.70. The molecule has 4 N–H and O–H groups in total. The Bertz CT molecular complexity index is 1300. The maximum atomic E-state index is 13.1. The Morgan fingerprint density at radius 1 is 0.980 bits per heavy atom. The molecule has 3 aliphatic heterocycles. The van der Waals surface area contributed by atoms with Crippen molar-refractivity contribution >= 4 is 17.9 Å². The van der Waals surface area contributed by atoms with Crippen molar-refractivity contribution in [2.45, 2.75) is 155 Å². The number of hydrogen-bond donors (Lipinski definition) is 4. The van der Waals surface area contributed by atoms with Crippen molar-refractivity contribution < 1.29 is 58.5 Å². The summed E-state index contributed by atoms with van der Waals surface area (Å²) in [5.74, 6) is -0.478. The number of carbonyl (C=O) groups is 3. The molecule has 12 nitrogen and oxygen atoms in total. The van der Waals surface area contributed by atoms with Crippen molar-refractivity contribution in [2.75, 3.05) is 13.2 Å². The monoisotopic (exact) mass is 708 g/mol. The van der Waals surface area contributed by atoms with Crippen LogP contribution in [0.5, 0.6) is 0 Å². The van der Waals surface area contributed by atoms with Crippen molar-refractivity contribution in [3.8, 4) is 0 Å². The van der Waals surface area contributed by atoms with Crippen molar-refractivity contribution in [1.29, 1.82) is 0 Å². The molecule has 0 bridgehead atoms. The van der Waals surface area contributed by atoms with Crippen LogP contribution >= 0.6 is 0 Å². The number of aliphatic hydroxyl groups is 4. The summed E-state index contributed by atoms with van der Waals surface area (Å²) in [4.78, 5) is 37.8. The molecule has 6 aliphatic rings. The highest BCUT2D eigenvalue weighted by molar-refractivity contribution is 5.74. The summed E-state index contributed by atoms with van der Waals surface area (Å²) in [7, 11) is 0. The zero-order valence-electron chi connectivity index (χ0n) is 30.8. The fraction of sp³-hybridized carbons (Fsp3) is 0.921. The summed E-state index contributed by atoms with van der Waals surface area (Å²) in [5.41, 5.74) is -1.13. The summed E-state index contributed by atoms with van der Waals surface area (Å²) in [5, 5.41) is 41.2. The molecular formula is C38H60O12.